The Hall–Kier alpha value is -2.50. The topological polar surface area (TPSA) is 69.8 Å². The van der Waals surface area contributed by atoms with E-state index in [4.69, 9.17) is 0 Å². The molecule has 0 aliphatic rings. The van der Waals surface area contributed by atoms with Crippen LogP contribution < -0.4 is 11.2 Å². The zero-order chi connectivity index (χ0) is 16.9. The van der Waals surface area contributed by atoms with Gasteiger partial charge in [0.2, 0.25) is 0 Å². The molecule has 0 N–H and O–H groups in total. The number of benzene rings is 1. The average Bonchev–Trinajstić information content (AvgIpc) is 2.50. The van der Waals surface area contributed by atoms with E-state index in [0.29, 0.717) is 22.6 Å². The highest BCUT2D eigenvalue weighted by molar-refractivity contribution is 5.85. The van der Waals surface area contributed by atoms with E-state index >= 15 is 0 Å². The molecule has 120 valence electrons. The molecule has 0 amide bonds. The number of hydrogen-bond acceptors (Lipinski definition) is 4. The summed E-state index contributed by atoms with van der Waals surface area (Å²) in [5.41, 5.74) is 3.48. The summed E-state index contributed by atoms with van der Waals surface area (Å²) in [5, 5.41) is 0. The minimum atomic E-state index is -0.415. The van der Waals surface area contributed by atoms with Gasteiger partial charge in [-0.25, -0.2) is 14.8 Å². The van der Waals surface area contributed by atoms with Crippen molar-refractivity contribution in [2.24, 2.45) is 20.0 Å². The SMILES string of the molecule is Cc1cc2nc3c(=O)n(C)c(=O)n(C)c3nc2cc1CC(C)C. The molecular weight excluding hydrogens is 292 g/mol. The van der Waals surface area contributed by atoms with E-state index in [9.17, 15) is 9.59 Å². The van der Waals surface area contributed by atoms with Gasteiger partial charge in [0.1, 0.15) is 0 Å². The maximum atomic E-state index is 12.3. The maximum absolute atomic E-state index is 12.3. The van der Waals surface area contributed by atoms with Crippen molar-refractivity contribution < 1.29 is 0 Å². The Morgan fingerprint density at radius 3 is 2.35 bits per heavy atom. The zero-order valence-corrected chi connectivity index (χ0v) is 14.0. The highest BCUT2D eigenvalue weighted by Crippen LogP contribution is 2.20. The molecule has 6 nitrogen and oxygen atoms in total. The van der Waals surface area contributed by atoms with E-state index in [1.165, 1.54) is 17.2 Å². The zero-order valence-electron chi connectivity index (χ0n) is 14.0. The van der Waals surface area contributed by atoms with Crippen LogP contribution in [0.15, 0.2) is 21.7 Å². The Balaban J connectivity index is 2.41. The fraction of sp³-hybridized carbons (Fsp3) is 0.412. The molecule has 6 heteroatoms. The van der Waals surface area contributed by atoms with Crippen molar-refractivity contribution in [1.29, 1.82) is 0 Å². The smallest absolute Gasteiger partial charge is 0.279 e. The second-order valence-corrected chi connectivity index (χ2v) is 6.47. The van der Waals surface area contributed by atoms with Crippen LogP contribution in [-0.2, 0) is 20.5 Å². The fourth-order valence-corrected chi connectivity index (χ4v) is 2.84. The highest BCUT2D eigenvalue weighted by Gasteiger charge is 2.13. The lowest BCUT2D eigenvalue weighted by atomic mass is 9.98. The van der Waals surface area contributed by atoms with Crippen LogP contribution >= 0.6 is 0 Å². The number of hydrogen-bond donors (Lipinski definition) is 0. The summed E-state index contributed by atoms with van der Waals surface area (Å²) in [6.45, 7) is 6.38. The van der Waals surface area contributed by atoms with E-state index in [1.54, 1.807) is 7.05 Å². The maximum Gasteiger partial charge on any atom is 0.332 e. The number of aryl methyl sites for hydroxylation is 2. The van der Waals surface area contributed by atoms with E-state index in [2.05, 4.69) is 23.8 Å². The first-order valence-corrected chi connectivity index (χ1v) is 7.66. The standard InChI is InChI=1S/C17H20N4O2/c1-9(2)6-11-8-13-12(7-10(11)3)18-14-15(19-13)20(4)17(23)21(5)16(14)22/h7-9H,6H2,1-5H3. The summed E-state index contributed by atoms with van der Waals surface area (Å²) in [6.07, 6.45) is 0.955. The second kappa shape index (κ2) is 5.30. The minimum Gasteiger partial charge on any atom is -0.279 e. The monoisotopic (exact) mass is 312 g/mol. The molecule has 0 aliphatic carbocycles. The summed E-state index contributed by atoms with van der Waals surface area (Å²) in [6, 6.07) is 3.98. The van der Waals surface area contributed by atoms with Gasteiger partial charge in [0.15, 0.2) is 11.2 Å². The van der Waals surface area contributed by atoms with Crippen LogP contribution in [0.4, 0.5) is 0 Å². The first kappa shape index (κ1) is 15.4. The molecule has 3 rings (SSSR count). The van der Waals surface area contributed by atoms with Crippen LogP contribution in [0.25, 0.3) is 22.2 Å². The molecule has 0 saturated heterocycles. The summed E-state index contributed by atoms with van der Waals surface area (Å²) in [5.74, 6) is 0.538. The third-order valence-electron chi connectivity index (χ3n) is 4.13. The van der Waals surface area contributed by atoms with Crippen molar-refractivity contribution in [3.8, 4) is 0 Å². The van der Waals surface area contributed by atoms with Crippen LogP contribution in [-0.4, -0.2) is 19.1 Å². The Bertz CT molecular complexity index is 1040. The molecule has 0 radical (unpaired) electrons. The summed E-state index contributed by atoms with van der Waals surface area (Å²) in [4.78, 5) is 33.4. The normalized spacial score (nSPS) is 11.7. The molecule has 0 unspecified atom stereocenters. The Morgan fingerprint density at radius 1 is 1.04 bits per heavy atom. The van der Waals surface area contributed by atoms with Gasteiger partial charge in [-0.2, -0.15) is 0 Å². The molecule has 2 heterocycles. The van der Waals surface area contributed by atoms with Crippen LogP contribution in [0, 0.1) is 12.8 Å². The molecule has 0 fully saturated rings. The van der Waals surface area contributed by atoms with E-state index in [1.807, 2.05) is 19.1 Å². The van der Waals surface area contributed by atoms with Gasteiger partial charge < -0.3 is 0 Å². The molecule has 0 aliphatic heterocycles. The quantitative estimate of drug-likeness (QED) is 0.675. The number of rotatable bonds is 2. The second-order valence-electron chi connectivity index (χ2n) is 6.47. The van der Waals surface area contributed by atoms with Gasteiger partial charge in [-0.3, -0.25) is 13.9 Å². The largest absolute Gasteiger partial charge is 0.332 e. The lowest BCUT2D eigenvalue weighted by Gasteiger charge is -2.11. The van der Waals surface area contributed by atoms with Gasteiger partial charge in [-0.05, 0) is 42.5 Å². The lowest BCUT2D eigenvalue weighted by molar-refractivity contribution is 0.645. The van der Waals surface area contributed by atoms with Crippen LogP contribution in [0.5, 0.6) is 0 Å². The van der Waals surface area contributed by atoms with Crippen LogP contribution in [0.3, 0.4) is 0 Å². The van der Waals surface area contributed by atoms with Gasteiger partial charge in [0, 0.05) is 14.1 Å². The first-order chi connectivity index (χ1) is 10.8. The van der Waals surface area contributed by atoms with E-state index in [0.717, 1.165) is 16.6 Å². The van der Waals surface area contributed by atoms with Gasteiger partial charge in [0.25, 0.3) is 5.56 Å². The number of fused-ring (bicyclic) bond motifs is 2. The summed E-state index contributed by atoms with van der Waals surface area (Å²) < 4.78 is 2.42. The van der Waals surface area contributed by atoms with Crippen molar-refractivity contribution >= 4 is 22.2 Å². The van der Waals surface area contributed by atoms with Gasteiger partial charge >= 0.3 is 5.69 Å². The Labute approximate surface area is 133 Å². The van der Waals surface area contributed by atoms with Crippen molar-refractivity contribution in [3.63, 3.8) is 0 Å². The number of nitrogens with zero attached hydrogens (tertiary/aromatic N) is 4. The van der Waals surface area contributed by atoms with Crippen LogP contribution in [0.2, 0.25) is 0 Å². The molecule has 0 spiro atoms. The first-order valence-electron chi connectivity index (χ1n) is 7.66. The van der Waals surface area contributed by atoms with Crippen molar-refractivity contribution in [3.05, 3.63) is 44.1 Å². The van der Waals surface area contributed by atoms with Gasteiger partial charge in [0.05, 0.1) is 11.0 Å². The fourth-order valence-electron chi connectivity index (χ4n) is 2.84. The Morgan fingerprint density at radius 2 is 1.70 bits per heavy atom. The average molecular weight is 312 g/mol. The van der Waals surface area contributed by atoms with Crippen molar-refractivity contribution in [1.82, 2.24) is 19.1 Å². The minimum absolute atomic E-state index is 0.220. The lowest BCUT2D eigenvalue weighted by Crippen LogP contribution is -2.37. The number of aromatic nitrogens is 4. The molecule has 2 aromatic heterocycles. The van der Waals surface area contributed by atoms with E-state index in [-0.39, 0.29) is 5.52 Å². The molecule has 0 saturated carbocycles. The third kappa shape index (κ3) is 2.44. The molecule has 1 aromatic carbocycles. The summed E-state index contributed by atoms with van der Waals surface area (Å²) >= 11 is 0. The van der Waals surface area contributed by atoms with Crippen molar-refractivity contribution in [2.45, 2.75) is 27.2 Å². The molecule has 0 atom stereocenters. The predicted molar refractivity (Wildman–Crippen MR) is 90.8 cm³/mol. The molecule has 3 aromatic rings. The Kier molecular flexibility index (Phi) is 3.55. The van der Waals surface area contributed by atoms with Gasteiger partial charge in [-0.1, -0.05) is 13.8 Å². The molecule has 0 bridgehead atoms. The molecular formula is C17H20N4O2. The van der Waals surface area contributed by atoms with Crippen LogP contribution in [0.1, 0.15) is 25.0 Å². The predicted octanol–water partition coefficient (Wildman–Crippen LogP) is 1.69. The summed E-state index contributed by atoms with van der Waals surface area (Å²) in [7, 11) is 3.06. The van der Waals surface area contributed by atoms with Gasteiger partial charge in [-0.15, -0.1) is 0 Å². The van der Waals surface area contributed by atoms with Crippen molar-refractivity contribution in [2.75, 3.05) is 0 Å². The third-order valence-corrected chi connectivity index (χ3v) is 4.13. The molecule has 23 heavy (non-hydrogen) atoms. The highest BCUT2D eigenvalue weighted by atomic mass is 16.2. The van der Waals surface area contributed by atoms with E-state index < -0.39 is 11.2 Å².